The second-order valence-electron chi connectivity index (χ2n) is 10.5. The standard InChI is InChI=1S/C19H23F3N4O4.C2HF3O2/c20-19(21,22)30-18(2-1-3-18)15-26-25-14(29-15)16-7-17(8-16,9-16)24-13(27)11-4-10-5-23-6-12(10)28-11;3-2(4,5)1(6)7/h10-12,23H,1-9H2,(H,24,27);(H,6,7)/t10-,11-,12+,16?,17?;/m1./s1. The van der Waals surface area contributed by atoms with Crippen LogP contribution < -0.4 is 10.6 Å². The molecule has 0 spiro atoms. The van der Waals surface area contributed by atoms with Crippen molar-refractivity contribution in [3.63, 3.8) is 0 Å². The van der Waals surface area contributed by atoms with Crippen molar-refractivity contribution in [2.75, 3.05) is 13.1 Å². The summed E-state index contributed by atoms with van der Waals surface area (Å²) in [5.74, 6) is -2.18. The Morgan fingerprint density at radius 1 is 1.05 bits per heavy atom. The van der Waals surface area contributed by atoms with Crippen molar-refractivity contribution < 1.29 is 54.9 Å². The fourth-order valence-corrected chi connectivity index (χ4v) is 6.00. The number of fused-ring (bicyclic) bond motifs is 1. The lowest BCUT2D eigenvalue weighted by atomic mass is 9.39. The summed E-state index contributed by atoms with van der Waals surface area (Å²) in [5, 5.41) is 21.5. The van der Waals surface area contributed by atoms with Crippen LogP contribution in [0.25, 0.3) is 0 Å². The van der Waals surface area contributed by atoms with Crippen LogP contribution in [0.4, 0.5) is 26.3 Å². The van der Waals surface area contributed by atoms with Crippen LogP contribution >= 0.6 is 0 Å². The molecule has 4 saturated carbocycles. The second-order valence-corrected chi connectivity index (χ2v) is 10.5. The number of alkyl halides is 6. The van der Waals surface area contributed by atoms with E-state index < -0.39 is 30.2 Å². The third-order valence-corrected chi connectivity index (χ3v) is 7.83. The number of carbonyl (C=O) groups is 2. The van der Waals surface area contributed by atoms with Crippen LogP contribution in [0.2, 0.25) is 0 Å². The first-order chi connectivity index (χ1) is 17.1. The van der Waals surface area contributed by atoms with Gasteiger partial charge in [-0.3, -0.25) is 9.53 Å². The van der Waals surface area contributed by atoms with Crippen molar-refractivity contribution in [3.05, 3.63) is 11.8 Å². The molecule has 6 aliphatic rings. The zero-order valence-corrected chi connectivity index (χ0v) is 19.2. The SMILES string of the molecule is O=C(NC12CC(c3nnc(C4(OC(F)(F)F)CCC4)o3)(C1)C2)[C@H]1C[C@@H]2CNC[C@@H]2O1.O=C(O)C(F)(F)F. The lowest BCUT2D eigenvalue weighted by molar-refractivity contribution is -0.387. The van der Waals surface area contributed by atoms with Crippen molar-refractivity contribution in [1.29, 1.82) is 0 Å². The Balaban J connectivity index is 0.000000355. The summed E-state index contributed by atoms with van der Waals surface area (Å²) >= 11 is 0. The molecule has 6 fully saturated rings. The number of aliphatic carboxylic acids is 1. The van der Waals surface area contributed by atoms with E-state index in [4.69, 9.17) is 19.1 Å². The number of carboxylic acid groups (broad SMARTS) is 1. The van der Waals surface area contributed by atoms with Gasteiger partial charge in [0.2, 0.25) is 17.7 Å². The Labute approximate surface area is 205 Å². The quantitative estimate of drug-likeness (QED) is 0.479. The first-order valence-corrected chi connectivity index (χ1v) is 11.7. The highest BCUT2D eigenvalue weighted by molar-refractivity contribution is 5.82. The summed E-state index contributed by atoms with van der Waals surface area (Å²) in [6.07, 6.45) is -6.38. The fraction of sp³-hybridized carbons (Fsp3) is 0.810. The van der Waals surface area contributed by atoms with Gasteiger partial charge in [-0.2, -0.15) is 13.2 Å². The van der Waals surface area contributed by atoms with Gasteiger partial charge >= 0.3 is 18.5 Å². The van der Waals surface area contributed by atoms with Crippen molar-refractivity contribution in [2.45, 2.75) is 86.2 Å². The summed E-state index contributed by atoms with van der Waals surface area (Å²) in [5.41, 5.74) is -2.19. The van der Waals surface area contributed by atoms with E-state index in [-0.39, 0.29) is 41.7 Å². The maximum Gasteiger partial charge on any atom is 0.523 e. The molecule has 1 amide bonds. The van der Waals surface area contributed by atoms with Gasteiger partial charge in [0.15, 0.2) is 5.60 Å². The van der Waals surface area contributed by atoms with E-state index in [0.717, 1.165) is 19.5 Å². The van der Waals surface area contributed by atoms with Gasteiger partial charge in [0.25, 0.3) is 0 Å². The van der Waals surface area contributed by atoms with Gasteiger partial charge in [0, 0.05) is 24.5 Å². The average Bonchev–Trinajstić information content (AvgIpc) is 3.41. The minimum Gasteiger partial charge on any atom is -0.475 e. The lowest BCUT2D eigenvalue weighted by Gasteiger charge is -2.68. The average molecular weight is 542 g/mol. The van der Waals surface area contributed by atoms with Crippen LogP contribution in [0.5, 0.6) is 0 Å². The number of ether oxygens (including phenoxy) is 2. The molecule has 3 atom stereocenters. The highest BCUT2D eigenvalue weighted by Crippen LogP contribution is 2.67. The smallest absolute Gasteiger partial charge is 0.475 e. The zero-order valence-electron chi connectivity index (χ0n) is 19.2. The number of carbonyl (C=O) groups excluding carboxylic acids is 1. The van der Waals surface area contributed by atoms with E-state index in [2.05, 4.69) is 25.6 Å². The van der Waals surface area contributed by atoms with Gasteiger partial charge in [-0.15, -0.1) is 23.4 Å². The maximum atomic E-state index is 12.8. The Morgan fingerprint density at radius 2 is 1.68 bits per heavy atom. The molecule has 0 unspecified atom stereocenters. The van der Waals surface area contributed by atoms with Gasteiger partial charge in [0.1, 0.15) is 6.10 Å². The maximum absolute atomic E-state index is 12.8. The van der Waals surface area contributed by atoms with E-state index >= 15 is 0 Å². The third kappa shape index (κ3) is 4.78. The normalized spacial score (nSPS) is 35.2. The van der Waals surface area contributed by atoms with Crippen LogP contribution in [-0.4, -0.2) is 70.6 Å². The molecular formula is C21H24F6N4O6. The minimum absolute atomic E-state index is 0.0732. The molecule has 206 valence electrons. The summed E-state index contributed by atoms with van der Waals surface area (Å²) in [7, 11) is 0. The summed E-state index contributed by atoms with van der Waals surface area (Å²) < 4.78 is 86.0. The number of rotatable bonds is 5. The van der Waals surface area contributed by atoms with E-state index in [1.807, 2.05) is 0 Å². The van der Waals surface area contributed by atoms with Crippen molar-refractivity contribution in [2.24, 2.45) is 5.92 Å². The lowest BCUT2D eigenvalue weighted by Crippen LogP contribution is -2.77. The summed E-state index contributed by atoms with van der Waals surface area (Å²) in [6, 6.07) is 0. The van der Waals surface area contributed by atoms with E-state index in [1.165, 1.54) is 0 Å². The molecule has 4 aliphatic carbocycles. The Hall–Kier alpha value is -2.46. The number of hydrogen-bond acceptors (Lipinski definition) is 8. The van der Waals surface area contributed by atoms with E-state index in [1.54, 1.807) is 0 Å². The molecule has 10 nitrogen and oxygen atoms in total. The molecule has 3 heterocycles. The predicted molar refractivity (Wildman–Crippen MR) is 107 cm³/mol. The Kier molecular flexibility index (Phi) is 6.03. The molecule has 1 aromatic rings. The topological polar surface area (TPSA) is 136 Å². The first-order valence-electron chi connectivity index (χ1n) is 11.7. The van der Waals surface area contributed by atoms with E-state index in [9.17, 15) is 31.1 Å². The minimum atomic E-state index is -5.08. The highest BCUT2D eigenvalue weighted by Gasteiger charge is 2.72. The van der Waals surface area contributed by atoms with Crippen LogP contribution in [0.3, 0.4) is 0 Å². The van der Waals surface area contributed by atoms with Crippen molar-refractivity contribution in [1.82, 2.24) is 20.8 Å². The van der Waals surface area contributed by atoms with Gasteiger partial charge in [0.05, 0.1) is 11.5 Å². The molecule has 0 radical (unpaired) electrons. The van der Waals surface area contributed by atoms with Crippen molar-refractivity contribution in [3.8, 4) is 0 Å². The van der Waals surface area contributed by atoms with Crippen LogP contribution in [-0.2, 0) is 30.1 Å². The van der Waals surface area contributed by atoms with Crippen molar-refractivity contribution >= 4 is 11.9 Å². The van der Waals surface area contributed by atoms with Gasteiger partial charge in [-0.25, -0.2) is 4.79 Å². The second kappa shape index (κ2) is 8.53. The molecule has 37 heavy (non-hydrogen) atoms. The number of carboxylic acids is 1. The Morgan fingerprint density at radius 3 is 2.19 bits per heavy atom. The molecule has 16 heteroatoms. The first kappa shape index (κ1) is 26.2. The molecule has 0 aromatic carbocycles. The molecular weight excluding hydrogens is 518 g/mol. The number of nitrogens with one attached hydrogen (secondary N) is 2. The van der Waals surface area contributed by atoms with Crippen LogP contribution in [0.1, 0.15) is 56.7 Å². The largest absolute Gasteiger partial charge is 0.523 e. The molecule has 2 bridgehead atoms. The van der Waals surface area contributed by atoms with Crippen LogP contribution in [0.15, 0.2) is 4.42 Å². The number of aromatic nitrogens is 2. The number of amides is 1. The number of halogens is 6. The van der Waals surface area contributed by atoms with Gasteiger partial charge < -0.3 is 24.9 Å². The van der Waals surface area contributed by atoms with Crippen LogP contribution in [0, 0.1) is 5.92 Å². The monoisotopic (exact) mass is 542 g/mol. The molecule has 2 saturated heterocycles. The highest BCUT2D eigenvalue weighted by atomic mass is 19.4. The Bertz CT molecular complexity index is 1040. The van der Waals surface area contributed by atoms with Gasteiger partial charge in [-0.1, -0.05) is 0 Å². The third-order valence-electron chi connectivity index (χ3n) is 7.83. The molecule has 1 aromatic heterocycles. The van der Waals surface area contributed by atoms with E-state index in [0.29, 0.717) is 37.5 Å². The molecule has 3 N–H and O–H groups in total. The van der Waals surface area contributed by atoms with Gasteiger partial charge in [-0.05, 0) is 44.9 Å². The number of nitrogens with zero attached hydrogens (tertiary/aromatic N) is 2. The number of hydrogen-bond donors (Lipinski definition) is 3. The summed E-state index contributed by atoms with van der Waals surface area (Å²) in [4.78, 5) is 21.5. The predicted octanol–water partition coefficient (Wildman–Crippen LogP) is 2.29. The fourth-order valence-electron chi connectivity index (χ4n) is 6.00. The molecule has 2 aliphatic heterocycles. The zero-order chi connectivity index (χ0) is 26.9. The summed E-state index contributed by atoms with van der Waals surface area (Å²) in [6.45, 7) is 1.68. The molecule has 7 rings (SSSR count).